The Labute approximate surface area is 54.4 Å². The maximum Gasteiger partial charge on any atom is 0.187 e. The minimum atomic E-state index is -3.33. The van der Waals surface area contributed by atoms with Crippen molar-refractivity contribution in [1.29, 1.82) is 0 Å². The zero-order valence-electron chi connectivity index (χ0n) is 4.95. The Balaban J connectivity index is 4.35. The number of rotatable bonds is 3. The van der Waals surface area contributed by atoms with Crippen molar-refractivity contribution < 1.29 is 8.42 Å². The van der Waals surface area contributed by atoms with Crippen LogP contribution in [0, 0.1) is 0 Å². The third kappa shape index (κ3) is 2.13. The van der Waals surface area contributed by atoms with Crippen LogP contribution in [-0.2, 0) is 9.84 Å². The molecule has 5 heteroatoms. The van der Waals surface area contributed by atoms with Crippen LogP contribution in [-0.4, -0.2) is 20.3 Å². The van der Waals surface area contributed by atoms with Gasteiger partial charge in [0.1, 0.15) is 5.37 Å². The molecule has 0 fully saturated rings. The summed E-state index contributed by atoms with van der Waals surface area (Å²) in [7, 11) is -3.33. The van der Waals surface area contributed by atoms with Gasteiger partial charge in [-0.25, -0.2) is 8.42 Å². The molecule has 0 saturated heterocycles. The molecule has 0 radical (unpaired) electrons. The lowest BCUT2D eigenvalue weighted by molar-refractivity contribution is 0.590. The third-order valence-electron chi connectivity index (χ3n) is 0.887. The Morgan fingerprint density at radius 1 is 1.67 bits per heavy atom. The van der Waals surface area contributed by atoms with E-state index in [-0.39, 0.29) is 6.54 Å². The van der Waals surface area contributed by atoms with Gasteiger partial charge in [-0.2, -0.15) is 0 Å². The monoisotopic (exact) mass is 150 g/mol. The van der Waals surface area contributed by atoms with Gasteiger partial charge in [-0.05, 0) is 0 Å². The molecule has 9 heavy (non-hydrogen) atoms. The first-order valence-electron chi connectivity index (χ1n) is 2.36. The summed E-state index contributed by atoms with van der Waals surface area (Å²) in [6, 6.07) is 0. The van der Waals surface area contributed by atoms with Crippen LogP contribution in [0.15, 0.2) is 12.0 Å². The molecule has 4 N–H and O–H groups in total. The standard InChI is InChI=1S/C4H10N2O2S/c1-2-9(7,8)4(6)3-5/h2,4H,1,3,5-6H2. The molecule has 0 bridgehead atoms. The second kappa shape index (κ2) is 2.95. The van der Waals surface area contributed by atoms with Crippen molar-refractivity contribution in [3.05, 3.63) is 12.0 Å². The van der Waals surface area contributed by atoms with Crippen LogP contribution < -0.4 is 11.5 Å². The molecule has 0 aliphatic rings. The Hall–Kier alpha value is -0.390. The van der Waals surface area contributed by atoms with Gasteiger partial charge in [0, 0.05) is 12.0 Å². The summed E-state index contributed by atoms with van der Waals surface area (Å²) in [5, 5.41) is -0.195. The van der Waals surface area contributed by atoms with E-state index < -0.39 is 15.2 Å². The fraction of sp³-hybridized carbons (Fsp3) is 0.500. The molecular weight excluding hydrogens is 140 g/mol. The fourth-order valence-corrected chi connectivity index (χ4v) is 0.773. The molecule has 0 heterocycles. The zero-order chi connectivity index (χ0) is 7.49. The minimum Gasteiger partial charge on any atom is -0.328 e. The molecule has 0 aromatic carbocycles. The van der Waals surface area contributed by atoms with Gasteiger partial charge in [0.25, 0.3) is 0 Å². The van der Waals surface area contributed by atoms with Gasteiger partial charge < -0.3 is 11.5 Å². The van der Waals surface area contributed by atoms with Gasteiger partial charge >= 0.3 is 0 Å². The second-order valence-electron chi connectivity index (χ2n) is 1.53. The SMILES string of the molecule is C=CS(=O)(=O)C(N)CN. The third-order valence-corrected chi connectivity index (χ3v) is 2.39. The van der Waals surface area contributed by atoms with Crippen molar-refractivity contribution in [3.63, 3.8) is 0 Å². The highest BCUT2D eigenvalue weighted by atomic mass is 32.2. The highest BCUT2D eigenvalue weighted by molar-refractivity contribution is 7.94. The van der Waals surface area contributed by atoms with Crippen LogP contribution in [0.2, 0.25) is 0 Å². The molecule has 1 unspecified atom stereocenters. The van der Waals surface area contributed by atoms with E-state index in [4.69, 9.17) is 11.5 Å². The predicted octanol–water partition coefficient (Wildman–Crippen LogP) is -1.21. The zero-order valence-corrected chi connectivity index (χ0v) is 5.76. The number of sulfone groups is 1. The lowest BCUT2D eigenvalue weighted by atomic mass is 10.7. The van der Waals surface area contributed by atoms with E-state index in [9.17, 15) is 8.42 Å². The average molecular weight is 150 g/mol. The molecule has 0 aliphatic carbocycles. The van der Waals surface area contributed by atoms with Crippen LogP contribution in [0.5, 0.6) is 0 Å². The van der Waals surface area contributed by atoms with E-state index in [1.165, 1.54) is 0 Å². The summed E-state index contributed by atoms with van der Waals surface area (Å²) < 4.78 is 21.2. The molecule has 0 aliphatic heterocycles. The molecule has 0 rings (SSSR count). The lowest BCUT2D eigenvalue weighted by Gasteiger charge is -2.03. The molecule has 0 amide bonds. The molecule has 0 aromatic heterocycles. The van der Waals surface area contributed by atoms with Crippen LogP contribution in [0.3, 0.4) is 0 Å². The first-order valence-corrected chi connectivity index (χ1v) is 3.97. The first kappa shape index (κ1) is 8.61. The average Bonchev–Trinajstić information content (AvgIpc) is 1.86. The Morgan fingerprint density at radius 2 is 2.11 bits per heavy atom. The van der Waals surface area contributed by atoms with Crippen LogP contribution in [0.1, 0.15) is 0 Å². The van der Waals surface area contributed by atoms with Crippen molar-refractivity contribution >= 4 is 9.84 Å². The van der Waals surface area contributed by atoms with Gasteiger partial charge in [-0.3, -0.25) is 0 Å². The Bertz CT molecular complexity index is 185. The van der Waals surface area contributed by atoms with Crippen LogP contribution >= 0.6 is 0 Å². The molecule has 54 valence electrons. The molecule has 4 nitrogen and oxygen atoms in total. The van der Waals surface area contributed by atoms with Gasteiger partial charge in [0.05, 0.1) is 0 Å². The smallest absolute Gasteiger partial charge is 0.187 e. The van der Waals surface area contributed by atoms with Gasteiger partial charge in [0.2, 0.25) is 0 Å². The topological polar surface area (TPSA) is 86.2 Å². The van der Waals surface area contributed by atoms with E-state index >= 15 is 0 Å². The molecule has 0 aromatic rings. The normalized spacial score (nSPS) is 14.9. The quantitative estimate of drug-likeness (QED) is 0.528. The van der Waals surface area contributed by atoms with E-state index in [2.05, 4.69) is 6.58 Å². The van der Waals surface area contributed by atoms with Crippen molar-refractivity contribution in [2.24, 2.45) is 11.5 Å². The Morgan fingerprint density at radius 3 is 2.22 bits per heavy atom. The van der Waals surface area contributed by atoms with Crippen LogP contribution in [0.25, 0.3) is 0 Å². The maximum absolute atomic E-state index is 10.6. The van der Waals surface area contributed by atoms with E-state index in [1.54, 1.807) is 0 Å². The number of hydrogen-bond donors (Lipinski definition) is 2. The summed E-state index contributed by atoms with van der Waals surface area (Å²) >= 11 is 0. The molecular formula is C4H10N2O2S. The maximum atomic E-state index is 10.6. The highest BCUT2D eigenvalue weighted by Gasteiger charge is 2.14. The highest BCUT2D eigenvalue weighted by Crippen LogP contribution is 1.93. The molecule has 0 saturated carbocycles. The van der Waals surface area contributed by atoms with E-state index in [0.717, 1.165) is 5.41 Å². The lowest BCUT2D eigenvalue weighted by Crippen LogP contribution is -2.36. The summed E-state index contributed by atoms with van der Waals surface area (Å²) in [5.74, 6) is 0. The first-order chi connectivity index (χ1) is 4.04. The summed E-state index contributed by atoms with van der Waals surface area (Å²) in [4.78, 5) is 0. The predicted molar refractivity (Wildman–Crippen MR) is 36.1 cm³/mol. The van der Waals surface area contributed by atoms with Crippen molar-refractivity contribution in [1.82, 2.24) is 0 Å². The van der Waals surface area contributed by atoms with Gasteiger partial charge in [-0.1, -0.05) is 6.58 Å². The minimum absolute atomic E-state index is 0.0750. The van der Waals surface area contributed by atoms with E-state index in [1.807, 2.05) is 0 Å². The number of nitrogens with two attached hydrogens (primary N) is 2. The summed E-state index contributed by atoms with van der Waals surface area (Å²) in [6.07, 6.45) is 0. The van der Waals surface area contributed by atoms with Crippen molar-refractivity contribution in [2.75, 3.05) is 6.54 Å². The second-order valence-corrected chi connectivity index (χ2v) is 3.65. The van der Waals surface area contributed by atoms with Crippen LogP contribution in [0.4, 0.5) is 0 Å². The van der Waals surface area contributed by atoms with Gasteiger partial charge in [-0.15, -0.1) is 0 Å². The largest absolute Gasteiger partial charge is 0.328 e. The number of hydrogen-bond acceptors (Lipinski definition) is 4. The van der Waals surface area contributed by atoms with Crippen molar-refractivity contribution in [2.45, 2.75) is 5.37 Å². The summed E-state index contributed by atoms with van der Waals surface area (Å²) in [6.45, 7) is 3.00. The van der Waals surface area contributed by atoms with E-state index in [0.29, 0.717) is 0 Å². The fourth-order valence-electron chi connectivity index (χ4n) is 0.258. The molecule has 1 atom stereocenters. The Kier molecular flexibility index (Phi) is 2.83. The van der Waals surface area contributed by atoms with Gasteiger partial charge in [0.15, 0.2) is 9.84 Å². The van der Waals surface area contributed by atoms with Crippen molar-refractivity contribution in [3.8, 4) is 0 Å². The summed E-state index contributed by atoms with van der Waals surface area (Å²) in [5.41, 5.74) is 10.1. The molecule has 0 spiro atoms.